The predicted octanol–water partition coefficient (Wildman–Crippen LogP) is 2.13. The molecule has 0 saturated carbocycles. The molecular formula is C14H20N2O3. The topological polar surface area (TPSA) is 62.1 Å². The van der Waals surface area contributed by atoms with E-state index < -0.39 is 0 Å². The van der Waals surface area contributed by atoms with Gasteiger partial charge in [0.25, 0.3) is 0 Å². The molecule has 0 heterocycles. The smallest absolute Gasteiger partial charge is 0.225 e. The Kier molecular flexibility index (Phi) is 5.85. The first kappa shape index (κ1) is 15.0. The van der Waals surface area contributed by atoms with Crippen molar-refractivity contribution in [2.45, 2.75) is 19.8 Å². The summed E-state index contributed by atoms with van der Waals surface area (Å²) in [5.74, 6) is 0.646. The molecule has 19 heavy (non-hydrogen) atoms. The standard InChI is InChI=1S/C14H20N2O3/c1-4-12(15-18)11-7-5-6-8-13(11)19-10-9-14(17)16(2)3/h5-8,18H,4,9-10H2,1-3H3/b15-12+. The second-order valence-electron chi connectivity index (χ2n) is 4.28. The van der Waals surface area contributed by atoms with Crippen LogP contribution in [0.2, 0.25) is 0 Å². The number of benzene rings is 1. The summed E-state index contributed by atoms with van der Waals surface area (Å²) in [5.41, 5.74) is 1.32. The van der Waals surface area contributed by atoms with E-state index in [9.17, 15) is 4.79 Å². The first-order valence-electron chi connectivity index (χ1n) is 6.23. The monoisotopic (exact) mass is 264 g/mol. The summed E-state index contributed by atoms with van der Waals surface area (Å²) in [7, 11) is 3.42. The molecular weight excluding hydrogens is 244 g/mol. The number of rotatable bonds is 6. The van der Waals surface area contributed by atoms with E-state index in [2.05, 4.69) is 5.16 Å². The van der Waals surface area contributed by atoms with Gasteiger partial charge < -0.3 is 14.8 Å². The minimum Gasteiger partial charge on any atom is -0.492 e. The number of carbonyl (C=O) groups excluding carboxylic acids is 1. The van der Waals surface area contributed by atoms with Crippen LogP contribution in [-0.4, -0.2) is 42.4 Å². The van der Waals surface area contributed by atoms with Gasteiger partial charge in [0.05, 0.1) is 18.7 Å². The highest BCUT2D eigenvalue weighted by Gasteiger charge is 2.10. The third-order valence-corrected chi connectivity index (χ3v) is 2.73. The van der Waals surface area contributed by atoms with Gasteiger partial charge in [0.15, 0.2) is 0 Å². The number of ether oxygens (including phenoxy) is 1. The lowest BCUT2D eigenvalue weighted by atomic mass is 10.1. The number of carbonyl (C=O) groups is 1. The van der Waals surface area contributed by atoms with Gasteiger partial charge in [0.1, 0.15) is 5.75 Å². The normalized spacial score (nSPS) is 11.2. The molecule has 0 saturated heterocycles. The number of amides is 1. The van der Waals surface area contributed by atoms with Gasteiger partial charge in [-0.1, -0.05) is 24.2 Å². The maximum atomic E-state index is 11.4. The molecule has 0 fully saturated rings. The lowest BCUT2D eigenvalue weighted by Gasteiger charge is -2.13. The van der Waals surface area contributed by atoms with Gasteiger partial charge in [-0.15, -0.1) is 0 Å². The fraction of sp³-hybridized carbons (Fsp3) is 0.429. The molecule has 0 aliphatic carbocycles. The zero-order valence-corrected chi connectivity index (χ0v) is 11.6. The van der Waals surface area contributed by atoms with Crippen molar-refractivity contribution in [1.82, 2.24) is 4.90 Å². The maximum Gasteiger partial charge on any atom is 0.225 e. The molecule has 0 bridgehead atoms. The van der Waals surface area contributed by atoms with Crippen LogP contribution in [0.15, 0.2) is 29.4 Å². The first-order chi connectivity index (χ1) is 9.10. The molecule has 104 valence electrons. The van der Waals surface area contributed by atoms with E-state index >= 15 is 0 Å². The summed E-state index contributed by atoms with van der Waals surface area (Å²) in [5, 5.41) is 12.2. The number of para-hydroxylation sites is 1. The summed E-state index contributed by atoms with van der Waals surface area (Å²) < 4.78 is 5.60. The van der Waals surface area contributed by atoms with Crippen LogP contribution < -0.4 is 4.74 Å². The number of oxime groups is 1. The van der Waals surface area contributed by atoms with E-state index in [0.29, 0.717) is 30.9 Å². The molecule has 0 unspecified atom stereocenters. The van der Waals surface area contributed by atoms with Crippen LogP contribution in [0.1, 0.15) is 25.3 Å². The van der Waals surface area contributed by atoms with Crippen LogP contribution in [0.3, 0.4) is 0 Å². The average Bonchev–Trinajstić information content (AvgIpc) is 2.41. The Balaban J connectivity index is 2.71. The lowest BCUT2D eigenvalue weighted by molar-refractivity contribution is -0.129. The average molecular weight is 264 g/mol. The van der Waals surface area contributed by atoms with Crippen LogP contribution in [0.5, 0.6) is 5.75 Å². The first-order valence-corrected chi connectivity index (χ1v) is 6.23. The Bertz CT molecular complexity index is 456. The van der Waals surface area contributed by atoms with Gasteiger partial charge in [-0.2, -0.15) is 0 Å². The maximum absolute atomic E-state index is 11.4. The number of nitrogens with zero attached hydrogens (tertiary/aromatic N) is 2. The third-order valence-electron chi connectivity index (χ3n) is 2.73. The van der Waals surface area contributed by atoms with Crippen molar-refractivity contribution < 1.29 is 14.7 Å². The van der Waals surface area contributed by atoms with Crippen molar-refractivity contribution in [1.29, 1.82) is 0 Å². The highest BCUT2D eigenvalue weighted by molar-refractivity contribution is 6.02. The molecule has 1 N–H and O–H groups in total. The van der Waals surface area contributed by atoms with Crippen molar-refractivity contribution in [2.75, 3.05) is 20.7 Å². The van der Waals surface area contributed by atoms with Crippen LogP contribution in [0.25, 0.3) is 0 Å². The van der Waals surface area contributed by atoms with Crippen molar-refractivity contribution in [3.63, 3.8) is 0 Å². The SMILES string of the molecule is CC/C(=N\O)c1ccccc1OCCC(=O)N(C)C. The third kappa shape index (κ3) is 4.28. The van der Waals surface area contributed by atoms with E-state index in [4.69, 9.17) is 9.94 Å². The molecule has 0 atom stereocenters. The largest absolute Gasteiger partial charge is 0.492 e. The van der Waals surface area contributed by atoms with Gasteiger partial charge in [-0.05, 0) is 18.6 Å². The van der Waals surface area contributed by atoms with Crippen LogP contribution in [0.4, 0.5) is 0 Å². The number of hydrogen-bond donors (Lipinski definition) is 1. The summed E-state index contributed by atoms with van der Waals surface area (Å²) in [6, 6.07) is 7.34. The van der Waals surface area contributed by atoms with Crippen molar-refractivity contribution in [3.05, 3.63) is 29.8 Å². The van der Waals surface area contributed by atoms with Crippen molar-refractivity contribution in [2.24, 2.45) is 5.16 Å². The number of hydrogen-bond acceptors (Lipinski definition) is 4. The zero-order chi connectivity index (χ0) is 14.3. The van der Waals surface area contributed by atoms with E-state index in [1.54, 1.807) is 20.2 Å². The molecule has 0 radical (unpaired) electrons. The lowest BCUT2D eigenvalue weighted by Crippen LogP contribution is -2.23. The minimum atomic E-state index is 0.0176. The van der Waals surface area contributed by atoms with Crippen LogP contribution in [-0.2, 0) is 4.79 Å². The summed E-state index contributed by atoms with van der Waals surface area (Å²) >= 11 is 0. The quantitative estimate of drug-likeness (QED) is 0.486. The molecule has 5 heteroatoms. The van der Waals surface area contributed by atoms with Crippen molar-refractivity contribution in [3.8, 4) is 5.75 Å². The molecule has 0 aliphatic rings. The van der Waals surface area contributed by atoms with Crippen LogP contribution >= 0.6 is 0 Å². The highest BCUT2D eigenvalue weighted by atomic mass is 16.5. The minimum absolute atomic E-state index is 0.0176. The second kappa shape index (κ2) is 7.41. The zero-order valence-electron chi connectivity index (χ0n) is 11.6. The molecule has 1 rings (SSSR count). The van der Waals surface area contributed by atoms with E-state index in [1.807, 2.05) is 25.1 Å². The molecule has 1 amide bonds. The molecule has 5 nitrogen and oxygen atoms in total. The Morgan fingerprint density at radius 1 is 1.37 bits per heavy atom. The van der Waals surface area contributed by atoms with Crippen LogP contribution in [0, 0.1) is 0 Å². The Hall–Kier alpha value is -2.04. The molecule has 0 spiro atoms. The molecule has 1 aromatic carbocycles. The molecule has 1 aromatic rings. The fourth-order valence-corrected chi connectivity index (χ4v) is 1.62. The fourth-order valence-electron chi connectivity index (χ4n) is 1.62. The van der Waals surface area contributed by atoms with Gasteiger partial charge in [0, 0.05) is 19.7 Å². The predicted molar refractivity (Wildman–Crippen MR) is 73.9 cm³/mol. The van der Waals surface area contributed by atoms with Gasteiger partial charge >= 0.3 is 0 Å². The Morgan fingerprint density at radius 3 is 2.63 bits per heavy atom. The van der Waals surface area contributed by atoms with Gasteiger partial charge in [-0.3, -0.25) is 4.79 Å². The van der Waals surface area contributed by atoms with Gasteiger partial charge in [-0.25, -0.2) is 0 Å². The Morgan fingerprint density at radius 2 is 2.05 bits per heavy atom. The summed E-state index contributed by atoms with van der Waals surface area (Å²) in [6.45, 7) is 2.21. The van der Waals surface area contributed by atoms with E-state index in [-0.39, 0.29) is 5.91 Å². The van der Waals surface area contributed by atoms with Gasteiger partial charge in [0.2, 0.25) is 5.91 Å². The Labute approximate surface area is 113 Å². The highest BCUT2D eigenvalue weighted by Crippen LogP contribution is 2.20. The molecule has 0 aromatic heterocycles. The second-order valence-corrected chi connectivity index (χ2v) is 4.28. The summed E-state index contributed by atoms with van der Waals surface area (Å²) in [6.07, 6.45) is 0.923. The van der Waals surface area contributed by atoms with E-state index in [0.717, 1.165) is 5.56 Å². The van der Waals surface area contributed by atoms with E-state index in [1.165, 1.54) is 4.90 Å². The van der Waals surface area contributed by atoms with Crippen molar-refractivity contribution >= 4 is 11.6 Å². The summed E-state index contributed by atoms with van der Waals surface area (Å²) in [4.78, 5) is 13.0. The molecule has 0 aliphatic heterocycles.